The van der Waals surface area contributed by atoms with E-state index in [2.05, 4.69) is 17.1 Å². The van der Waals surface area contributed by atoms with Gasteiger partial charge in [0.25, 0.3) is 0 Å². The molecule has 2 aromatic heterocycles. The van der Waals surface area contributed by atoms with Gasteiger partial charge in [-0.1, -0.05) is 25.3 Å². The van der Waals surface area contributed by atoms with Gasteiger partial charge in [0, 0.05) is 30.1 Å². The number of rotatable bonds is 6. The predicted octanol–water partition coefficient (Wildman–Crippen LogP) is 5.53. The van der Waals surface area contributed by atoms with Crippen molar-refractivity contribution >= 4 is 0 Å². The van der Waals surface area contributed by atoms with Crippen molar-refractivity contribution in [3.8, 4) is 0 Å². The first-order valence-corrected chi connectivity index (χ1v) is 10.5. The van der Waals surface area contributed by atoms with Gasteiger partial charge in [-0.15, -0.1) is 0 Å². The quantitative estimate of drug-likeness (QED) is 0.484. The van der Waals surface area contributed by atoms with Gasteiger partial charge in [0.15, 0.2) is 5.82 Å². The molecule has 1 saturated heterocycles. The Morgan fingerprint density at radius 2 is 1.89 bits per heavy atom. The number of unbranched alkanes of at least 4 members (excludes halogenated alkanes) is 1. The summed E-state index contributed by atoms with van der Waals surface area (Å²) in [5.74, 6) is -1.89. The molecule has 1 spiro atoms. The number of aromatic nitrogens is 2. The fourth-order valence-corrected chi connectivity index (χ4v) is 5.19. The summed E-state index contributed by atoms with van der Waals surface area (Å²) in [5.41, 5.74) is 2.01. The lowest BCUT2D eigenvalue weighted by Gasteiger charge is -2.46. The molecule has 4 rings (SSSR count). The van der Waals surface area contributed by atoms with Crippen molar-refractivity contribution in [1.82, 2.24) is 9.97 Å². The second-order valence-corrected chi connectivity index (χ2v) is 8.48. The molecule has 0 amide bonds. The van der Waals surface area contributed by atoms with E-state index >= 15 is 0 Å². The molecule has 0 bridgehead atoms. The van der Waals surface area contributed by atoms with E-state index < -0.39 is 11.8 Å². The van der Waals surface area contributed by atoms with Crippen LogP contribution in [0.1, 0.15) is 69.0 Å². The average molecular weight is 386 g/mol. The van der Waals surface area contributed by atoms with E-state index in [9.17, 15) is 8.78 Å². The number of ether oxygens (including phenoxy) is 1. The lowest BCUT2D eigenvalue weighted by molar-refractivity contribution is -0.104. The van der Waals surface area contributed by atoms with Gasteiger partial charge in [0.1, 0.15) is 0 Å². The predicted molar refractivity (Wildman–Crippen MR) is 104 cm³/mol. The zero-order valence-corrected chi connectivity index (χ0v) is 16.3. The molecule has 3 heterocycles. The van der Waals surface area contributed by atoms with E-state index in [0.717, 1.165) is 57.1 Å². The van der Waals surface area contributed by atoms with E-state index in [0.29, 0.717) is 6.42 Å². The van der Waals surface area contributed by atoms with E-state index in [4.69, 9.17) is 9.72 Å². The van der Waals surface area contributed by atoms with Gasteiger partial charge in [0.2, 0.25) is 5.95 Å². The first kappa shape index (κ1) is 19.4. The maximum Gasteiger partial charge on any atom is 0.248 e. The van der Waals surface area contributed by atoms with Gasteiger partial charge in [-0.25, -0.2) is 9.37 Å². The van der Waals surface area contributed by atoms with Crippen LogP contribution in [-0.4, -0.2) is 22.2 Å². The Morgan fingerprint density at radius 3 is 2.64 bits per heavy atom. The molecule has 2 fully saturated rings. The Balaban J connectivity index is 1.45. The zero-order valence-electron chi connectivity index (χ0n) is 16.3. The van der Waals surface area contributed by atoms with Gasteiger partial charge in [-0.05, 0) is 68.7 Å². The molecule has 0 N–H and O–H groups in total. The minimum atomic E-state index is -1.03. The summed E-state index contributed by atoms with van der Waals surface area (Å²) in [5, 5.41) is 0. The minimum Gasteiger partial charge on any atom is -0.375 e. The Hall–Kier alpha value is -1.88. The molecule has 0 radical (unpaired) electrons. The monoisotopic (exact) mass is 386 g/mol. The van der Waals surface area contributed by atoms with Crippen LogP contribution < -0.4 is 0 Å². The molecule has 2 aromatic rings. The van der Waals surface area contributed by atoms with Crippen molar-refractivity contribution in [2.24, 2.45) is 0 Å². The molecule has 1 saturated carbocycles. The van der Waals surface area contributed by atoms with Gasteiger partial charge in [0.05, 0.1) is 5.60 Å². The molecule has 2 aliphatic rings. The van der Waals surface area contributed by atoms with Crippen molar-refractivity contribution in [2.75, 3.05) is 6.61 Å². The lowest BCUT2D eigenvalue weighted by atomic mass is 9.67. The van der Waals surface area contributed by atoms with Crippen LogP contribution in [0.15, 0.2) is 36.7 Å². The first-order chi connectivity index (χ1) is 13.6. The Labute approximate surface area is 165 Å². The summed E-state index contributed by atoms with van der Waals surface area (Å²) in [4.78, 5) is 8.22. The van der Waals surface area contributed by atoms with E-state index in [1.165, 1.54) is 30.8 Å². The zero-order chi connectivity index (χ0) is 19.5. The molecule has 1 aliphatic carbocycles. The topological polar surface area (TPSA) is 35.0 Å². The van der Waals surface area contributed by atoms with Gasteiger partial charge < -0.3 is 4.74 Å². The summed E-state index contributed by atoms with van der Waals surface area (Å²) in [6.45, 7) is 0.795. The number of hydrogen-bond donors (Lipinski definition) is 0. The van der Waals surface area contributed by atoms with Crippen LogP contribution in [0.3, 0.4) is 0 Å². The molecule has 1 atom stereocenters. The number of nitrogens with zero attached hydrogens (tertiary/aromatic N) is 2. The molecule has 3 nitrogen and oxygen atoms in total. The molecule has 0 aromatic carbocycles. The molecule has 1 aliphatic heterocycles. The number of pyridine rings is 2. The minimum absolute atomic E-state index is 0.0276. The van der Waals surface area contributed by atoms with Crippen LogP contribution in [0.5, 0.6) is 0 Å². The molecule has 150 valence electrons. The largest absolute Gasteiger partial charge is 0.375 e. The highest BCUT2D eigenvalue weighted by atomic mass is 19.2. The second-order valence-electron chi connectivity index (χ2n) is 8.48. The summed E-state index contributed by atoms with van der Waals surface area (Å²) in [6.07, 6.45) is 13.9. The third-order valence-corrected chi connectivity index (χ3v) is 6.60. The van der Waals surface area contributed by atoms with Crippen molar-refractivity contribution < 1.29 is 13.5 Å². The summed E-state index contributed by atoms with van der Waals surface area (Å²) in [7, 11) is 0. The molecule has 5 heteroatoms. The third-order valence-electron chi connectivity index (χ3n) is 6.60. The second kappa shape index (κ2) is 8.24. The highest BCUT2D eigenvalue weighted by Crippen LogP contribution is 2.50. The highest BCUT2D eigenvalue weighted by Gasteiger charge is 2.48. The van der Waals surface area contributed by atoms with Gasteiger partial charge in [-0.2, -0.15) is 4.39 Å². The normalized spacial score (nSPS) is 23.9. The Kier molecular flexibility index (Phi) is 5.72. The fourth-order valence-electron chi connectivity index (χ4n) is 5.19. The van der Waals surface area contributed by atoms with E-state index in [1.54, 1.807) is 0 Å². The number of hydrogen-bond acceptors (Lipinski definition) is 3. The number of aryl methyl sites for hydroxylation is 1. The first-order valence-electron chi connectivity index (χ1n) is 10.5. The number of halogens is 2. The summed E-state index contributed by atoms with van der Waals surface area (Å²) < 4.78 is 32.7. The smallest absolute Gasteiger partial charge is 0.248 e. The van der Waals surface area contributed by atoms with Crippen molar-refractivity contribution in [2.45, 2.75) is 75.2 Å². The summed E-state index contributed by atoms with van der Waals surface area (Å²) in [6, 6.07) is 7.47. The molecule has 1 unspecified atom stereocenters. The highest BCUT2D eigenvalue weighted by molar-refractivity contribution is 5.20. The van der Waals surface area contributed by atoms with Gasteiger partial charge in [-0.3, -0.25) is 4.98 Å². The van der Waals surface area contributed by atoms with Crippen LogP contribution in [0.25, 0.3) is 0 Å². The van der Waals surface area contributed by atoms with Crippen molar-refractivity contribution in [3.05, 3.63) is 59.7 Å². The SMILES string of the molecule is Fc1cc(CCCCC2(c3ccccn3)CCOC3(CCCC3)C2)cnc1F. The molecular weight excluding hydrogens is 358 g/mol. The molecular formula is C23H28F2N2O. The fraction of sp³-hybridized carbons (Fsp3) is 0.565. The van der Waals surface area contributed by atoms with Crippen LogP contribution in [0.2, 0.25) is 0 Å². The van der Waals surface area contributed by atoms with E-state index in [-0.39, 0.29) is 11.0 Å². The standard InChI is InChI=1S/C23H28F2N2O/c24-19-15-18(16-27-21(19)25)7-1-3-9-22(20-8-2-6-13-26-20)12-14-28-23(17-22)10-4-5-11-23/h2,6,8,13,15-16H,1,3-5,7,9-12,14,17H2. The van der Waals surface area contributed by atoms with Crippen LogP contribution in [-0.2, 0) is 16.6 Å². The van der Waals surface area contributed by atoms with Crippen LogP contribution in [0, 0.1) is 11.8 Å². The van der Waals surface area contributed by atoms with Crippen LogP contribution in [0.4, 0.5) is 8.78 Å². The molecule has 28 heavy (non-hydrogen) atoms. The third kappa shape index (κ3) is 4.09. The van der Waals surface area contributed by atoms with Crippen molar-refractivity contribution in [1.29, 1.82) is 0 Å². The van der Waals surface area contributed by atoms with Crippen LogP contribution >= 0.6 is 0 Å². The van der Waals surface area contributed by atoms with Gasteiger partial charge >= 0.3 is 0 Å². The Bertz CT molecular complexity index is 792. The summed E-state index contributed by atoms with van der Waals surface area (Å²) >= 11 is 0. The lowest BCUT2D eigenvalue weighted by Crippen LogP contribution is -2.46. The average Bonchev–Trinajstić information content (AvgIpc) is 3.16. The maximum atomic E-state index is 13.4. The Morgan fingerprint density at radius 1 is 1.04 bits per heavy atom. The van der Waals surface area contributed by atoms with Crippen molar-refractivity contribution in [3.63, 3.8) is 0 Å². The maximum absolute atomic E-state index is 13.4. The van der Waals surface area contributed by atoms with E-state index in [1.807, 2.05) is 12.3 Å².